The molecule has 4 rings (SSSR count). The SMILES string of the molecule is O=C(CCC(=O)N1CCc2cc(C(=O)NCCN3C(=O)C=CC3=O)cc([N+](=O)[O-])c21)ON1C(=O)CCC1=O. The number of nitrogens with zero attached hydrogens (tertiary/aromatic N) is 4. The lowest BCUT2D eigenvalue weighted by molar-refractivity contribution is -0.384. The molecular formula is C23H21N5O10. The Morgan fingerprint density at radius 1 is 0.974 bits per heavy atom. The molecule has 0 aromatic heterocycles. The summed E-state index contributed by atoms with van der Waals surface area (Å²) in [6.45, 7) is -0.0726. The van der Waals surface area contributed by atoms with Crippen LogP contribution in [-0.2, 0) is 40.0 Å². The molecule has 0 radical (unpaired) electrons. The molecule has 0 spiro atoms. The number of benzene rings is 1. The minimum Gasteiger partial charge on any atom is -0.350 e. The molecule has 1 N–H and O–H groups in total. The maximum absolute atomic E-state index is 12.8. The summed E-state index contributed by atoms with van der Waals surface area (Å²) in [5.41, 5.74) is -0.134. The van der Waals surface area contributed by atoms with Crippen LogP contribution < -0.4 is 10.2 Å². The number of fused-ring (bicyclic) bond motifs is 1. The van der Waals surface area contributed by atoms with Gasteiger partial charge in [0.1, 0.15) is 5.69 Å². The molecule has 1 saturated heterocycles. The van der Waals surface area contributed by atoms with Crippen LogP contribution in [0.3, 0.4) is 0 Å². The van der Waals surface area contributed by atoms with E-state index in [2.05, 4.69) is 5.32 Å². The summed E-state index contributed by atoms with van der Waals surface area (Å²) in [6, 6.07) is 2.43. The molecule has 198 valence electrons. The molecule has 38 heavy (non-hydrogen) atoms. The molecule has 1 aromatic carbocycles. The molecule has 0 bridgehead atoms. The first-order chi connectivity index (χ1) is 18.1. The van der Waals surface area contributed by atoms with Crippen LogP contribution in [0, 0.1) is 10.1 Å². The predicted molar refractivity (Wildman–Crippen MR) is 124 cm³/mol. The summed E-state index contributed by atoms with van der Waals surface area (Å²) in [6.07, 6.45) is 1.43. The Labute approximate surface area is 214 Å². The number of imide groups is 2. The van der Waals surface area contributed by atoms with Crippen molar-refractivity contribution in [3.05, 3.63) is 45.5 Å². The molecule has 0 atom stereocenters. The highest BCUT2D eigenvalue weighted by molar-refractivity contribution is 6.13. The van der Waals surface area contributed by atoms with Crippen LogP contribution in [0.5, 0.6) is 0 Å². The number of rotatable bonds is 9. The fourth-order valence-electron chi connectivity index (χ4n) is 4.23. The lowest BCUT2D eigenvalue weighted by Crippen LogP contribution is -2.38. The van der Waals surface area contributed by atoms with Gasteiger partial charge in [-0.2, -0.15) is 0 Å². The third-order valence-electron chi connectivity index (χ3n) is 6.07. The standard InChI is InChI=1S/C23H21N5O10/c29-16-1-2-17(30)25(16)10-8-24-23(35)14-11-13-7-9-26(22(13)15(12-14)28(36)37)18(31)5-6-21(34)38-27-19(32)3-4-20(27)33/h1-2,11-12H,3-10H2,(H,24,35). The molecule has 6 amide bonds. The van der Waals surface area contributed by atoms with Crippen LogP contribution in [0.15, 0.2) is 24.3 Å². The van der Waals surface area contributed by atoms with Gasteiger partial charge in [-0.1, -0.05) is 0 Å². The second kappa shape index (κ2) is 10.6. The molecule has 3 heterocycles. The first-order valence-corrected chi connectivity index (χ1v) is 11.6. The van der Waals surface area contributed by atoms with Crippen LogP contribution in [0.4, 0.5) is 11.4 Å². The minimum absolute atomic E-state index is 0.00847. The lowest BCUT2D eigenvalue weighted by Gasteiger charge is -2.18. The smallest absolute Gasteiger partial charge is 0.333 e. The van der Waals surface area contributed by atoms with Crippen LogP contribution in [0.1, 0.15) is 41.6 Å². The highest BCUT2D eigenvalue weighted by Crippen LogP contribution is 2.38. The van der Waals surface area contributed by atoms with Gasteiger partial charge in [0, 0.05) is 62.7 Å². The number of hydrogen-bond donors (Lipinski definition) is 1. The van der Waals surface area contributed by atoms with Crippen molar-refractivity contribution in [2.75, 3.05) is 24.5 Å². The topological polar surface area (TPSA) is 194 Å². The quantitative estimate of drug-likeness (QED) is 0.249. The Hall–Kier alpha value is -4.95. The Bertz CT molecular complexity index is 1290. The van der Waals surface area contributed by atoms with E-state index in [1.807, 2.05) is 0 Å². The monoisotopic (exact) mass is 527 g/mol. The van der Waals surface area contributed by atoms with Gasteiger partial charge in [0.2, 0.25) is 5.91 Å². The highest BCUT2D eigenvalue weighted by atomic mass is 16.7. The molecule has 0 saturated carbocycles. The number of carbonyl (C=O) groups is 7. The molecule has 3 aliphatic heterocycles. The first-order valence-electron chi connectivity index (χ1n) is 11.6. The van der Waals surface area contributed by atoms with Crippen molar-refractivity contribution < 1.29 is 43.3 Å². The van der Waals surface area contributed by atoms with E-state index < -0.39 is 64.9 Å². The number of nitro groups is 1. The van der Waals surface area contributed by atoms with Crippen LogP contribution in [0.25, 0.3) is 0 Å². The molecule has 15 heteroatoms. The zero-order valence-corrected chi connectivity index (χ0v) is 19.8. The van der Waals surface area contributed by atoms with Crippen LogP contribution in [0.2, 0.25) is 0 Å². The van der Waals surface area contributed by atoms with Crippen molar-refractivity contribution in [1.82, 2.24) is 15.3 Å². The van der Waals surface area contributed by atoms with Gasteiger partial charge >= 0.3 is 5.97 Å². The largest absolute Gasteiger partial charge is 0.350 e. The molecule has 15 nitrogen and oxygen atoms in total. The third kappa shape index (κ3) is 5.25. The van der Waals surface area contributed by atoms with Gasteiger partial charge < -0.3 is 15.1 Å². The van der Waals surface area contributed by atoms with Crippen molar-refractivity contribution >= 4 is 52.8 Å². The molecule has 0 aliphatic carbocycles. The van der Waals surface area contributed by atoms with Crippen LogP contribution in [-0.4, -0.2) is 75.9 Å². The number of nitrogens with one attached hydrogen (secondary N) is 1. The average molecular weight is 527 g/mol. The van der Waals surface area contributed by atoms with Crippen molar-refractivity contribution in [3.63, 3.8) is 0 Å². The van der Waals surface area contributed by atoms with Crippen molar-refractivity contribution in [3.8, 4) is 0 Å². The van der Waals surface area contributed by atoms with Gasteiger partial charge in [0.15, 0.2) is 0 Å². The number of amides is 6. The van der Waals surface area contributed by atoms with E-state index in [0.29, 0.717) is 10.6 Å². The zero-order chi connectivity index (χ0) is 27.6. The summed E-state index contributed by atoms with van der Waals surface area (Å²) < 4.78 is 0. The van der Waals surface area contributed by atoms with E-state index in [-0.39, 0.29) is 50.1 Å². The summed E-state index contributed by atoms with van der Waals surface area (Å²) >= 11 is 0. The summed E-state index contributed by atoms with van der Waals surface area (Å²) in [7, 11) is 0. The Balaban J connectivity index is 1.39. The molecule has 0 unspecified atom stereocenters. The molecule has 3 aliphatic rings. The molecular weight excluding hydrogens is 506 g/mol. The highest BCUT2D eigenvalue weighted by Gasteiger charge is 2.35. The number of nitro benzene ring substituents is 1. The maximum atomic E-state index is 12.8. The minimum atomic E-state index is -0.976. The maximum Gasteiger partial charge on any atom is 0.333 e. The number of hydroxylamine groups is 2. The van der Waals surface area contributed by atoms with E-state index >= 15 is 0 Å². The number of hydrogen-bond acceptors (Lipinski definition) is 10. The Kier molecular flexibility index (Phi) is 7.27. The van der Waals surface area contributed by atoms with E-state index in [0.717, 1.165) is 28.0 Å². The number of anilines is 1. The molecule has 1 aromatic rings. The summed E-state index contributed by atoms with van der Waals surface area (Å²) in [5, 5.41) is 14.7. The van der Waals surface area contributed by atoms with Crippen LogP contribution >= 0.6 is 0 Å². The second-order valence-corrected chi connectivity index (χ2v) is 8.52. The average Bonchev–Trinajstić information content (AvgIpc) is 3.55. The second-order valence-electron chi connectivity index (χ2n) is 8.52. The third-order valence-corrected chi connectivity index (χ3v) is 6.07. The Morgan fingerprint density at radius 2 is 1.63 bits per heavy atom. The van der Waals surface area contributed by atoms with Gasteiger partial charge in [-0.15, -0.1) is 5.06 Å². The number of carbonyl (C=O) groups excluding carboxylic acids is 7. The fourth-order valence-corrected chi connectivity index (χ4v) is 4.23. The van der Waals surface area contributed by atoms with E-state index in [1.54, 1.807) is 0 Å². The van der Waals surface area contributed by atoms with Gasteiger partial charge in [0.05, 0.1) is 11.3 Å². The van der Waals surface area contributed by atoms with Gasteiger partial charge in [-0.25, -0.2) is 4.79 Å². The molecule has 1 fully saturated rings. The van der Waals surface area contributed by atoms with E-state index in [4.69, 9.17) is 4.84 Å². The van der Waals surface area contributed by atoms with Gasteiger partial charge in [-0.3, -0.25) is 43.8 Å². The Morgan fingerprint density at radius 3 is 2.26 bits per heavy atom. The van der Waals surface area contributed by atoms with Crippen molar-refractivity contribution in [2.45, 2.75) is 32.1 Å². The van der Waals surface area contributed by atoms with Gasteiger partial charge in [-0.05, 0) is 18.1 Å². The van der Waals surface area contributed by atoms with Crippen molar-refractivity contribution in [1.29, 1.82) is 0 Å². The first kappa shape index (κ1) is 26.1. The van der Waals surface area contributed by atoms with Gasteiger partial charge in [0.25, 0.3) is 35.2 Å². The fraction of sp³-hybridized carbons (Fsp3) is 0.348. The normalized spacial score (nSPS) is 16.4. The summed E-state index contributed by atoms with van der Waals surface area (Å²) in [4.78, 5) is 102. The predicted octanol–water partition coefficient (Wildman–Crippen LogP) is -0.474. The van der Waals surface area contributed by atoms with Crippen molar-refractivity contribution in [2.24, 2.45) is 0 Å². The summed E-state index contributed by atoms with van der Waals surface area (Å²) in [5.74, 6) is -4.59. The lowest BCUT2D eigenvalue weighted by atomic mass is 10.1. The zero-order valence-electron chi connectivity index (χ0n) is 19.8. The van der Waals surface area contributed by atoms with E-state index in [9.17, 15) is 43.7 Å². The van der Waals surface area contributed by atoms with E-state index in [1.165, 1.54) is 6.07 Å².